The second kappa shape index (κ2) is 4.04. The van der Waals surface area contributed by atoms with Gasteiger partial charge in [0, 0.05) is 5.92 Å². The zero-order valence-corrected chi connectivity index (χ0v) is 9.91. The van der Waals surface area contributed by atoms with Gasteiger partial charge in [0.1, 0.15) is 0 Å². The Balaban J connectivity index is 1.83. The molecule has 0 radical (unpaired) electrons. The molecule has 1 aliphatic carbocycles. The summed E-state index contributed by atoms with van der Waals surface area (Å²) in [6.45, 7) is 0. The highest BCUT2D eigenvalue weighted by Crippen LogP contribution is 2.29. The van der Waals surface area contributed by atoms with Crippen molar-refractivity contribution in [3.8, 4) is 0 Å². The molecule has 0 atom stereocenters. The highest BCUT2D eigenvalue weighted by atomic mass is 35.5. The van der Waals surface area contributed by atoms with E-state index in [0.717, 1.165) is 12.8 Å². The van der Waals surface area contributed by atoms with Crippen LogP contribution in [0.4, 0.5) is 0 Å². The molecule has 0 saturated carbocycles. The Bertz CT molecular complexity index is 546. The molecule has 1 aromatic carbocycles. The fraction of sp³-hybridized carbons (Fsp3) is 0.214. The van der Waals surface area contributed by atoms with E-state index < -0.39 is 0 Å². The van der Waals surface area contributed by atoms with Gasteiger partial charge >= 0.3 is 0 Å². The summed E-state index contributed by atoms with van der Waals surface area (Å²) in [5, 5.41) is 0.267. The number of hydrogen-bond acceptors (Lipinski definition) is 2. The lowest BCUT2D eigenvalue weighted by Gasteiger charge is -2.04. The smallest absolute Gasteiger partial charge is 0.201 e. The number of rotatable bonds is 2. The summed E-state index contributed by atoms with van der Waals surface area (Å²) in [4.78, 5) is 12.2. The molecule has 0 saturated heterocycles. The number of furan rings is 1. The first-order chi connectivity index (χ1) is 8.24. The maximum Gasteiger partial charge on any atom is 0.201 e. The summed E-state index contributed by atoms with van der Waals surface area (Å²) in [7, 11) is 0. The van der Waals surface area contributed by atoms with Crippen LogP contribution in [0.3, 0.4) is 0 Å². The first-order valence-electron chi connectivity index (χ1n) is 5.60. The molecule has 0 amide bonds. The highest BCUT2D eigenvalue weighted by molar-refractivity contribution is 6.29. The van der Waals surface area contributed by atoms with Gasteiger partial charge < -0.3 is 4.42 Å². The summed E-state index contributed by atoms with van der Waals surface area (Å²) >= 11 is 5.68. The van der Waals surface area contributed by atoms with Crippen LogP contribution in [-0.2, 0) is 12.8 Å². The molecule has 1 aromatic heterocycles. The normalized spacial score (nSPS) is 14.9. The second-order valence-corrected chi connectivity index (χ2v) is 4.71. The summed E-state index contributed by atoms with van der Waals surface area (Å²) in [5.41, 5.74) is 2.53. The highest BCUT2D eigenvalue weighted by Gasteiger charge is 2.29. The SMILES string of the molecule is O=C(c1ccc(Cl)o1)C1Cc2ccccc2C1. The van der Waals surface area contributed by atoms with Gasteiger partial charge in [0.25, 0.3) is 0 Å². The molecule has 0 unspecified atom stereocenters. The third-order valence-electron chi connectivity index (χ3n) is 3.24. The number of hydrogen-bond donors (Lipinski definition) is 0. The lowest BCUT2D eigenvalue weighted by Crippen LogP contribution is -2.14. The Morgan fingerprint density at radius 2 is 1.76 bits per heavy atom. The summed E-state index contributed by atoms with van der Waals surface area (Å²) in [6, 6.07) is 11.4. The van der Waals surface area contributed by atoms with E-state index in [0.29, 0.717) is 5.76 Å². The van der Waals surface area contributed by atoms with Crippen molar-refractivity contribution in [3.63, 3.8) is 0 Å². The van der Waals surface area contributed by atoms with Crippen LogP contribution in [0.2, 0.25) is 5.22 Å². The Morgan fingerprint density at radius 3 is 2.29 bits per heavy atom. The van der Waals surface area contributed by atoms with Crippen molar-refractivity contribution in [3.05, 3.63) is 58.5 Å². The molecule has 3 rings (SSSR count). The van der Waals surface area contributed by atoms with Crippen LogP contribution in [0.1, 0.15) is 21.7 Å². The minimum Gasteiger partial charge on any atom is -0.442 e. The predicted molar refractivity (Wildman–Crippen MR) is 65.4 cm³/mol. The van der Waals surface area contributed by atoms with Gasteiger partial charge in [-0.2, -0.15) is 0 Å². The minimum absolute atomic E-state index is 0.00498. The van der Waals surface area contributed by atoms with E-state index in [-0.39, 0.29) is 16.9 Å². The quantitative estimate of drug-likeness (QED) is 0.759. The standard InChI is InChI=1S/C14H11ClO2/c15-13-6-5-12(17-13)14(16)11-7-9-3-1-2-4-10(9)8-11/h1-6,11H,7-8H2. The maximum atomic E-state index is 12.2. The lowest BCUT2D eigenvalue weighted by atomic mass is 9.99. The number of carbonyl (C=O) groups is 1. The van der Waals surface area contributed by atoms with Crippen molar-refractivity contribution in [1.82, 2.24) is 0 Å². The van der Waals surface area contributed by atoms with Crippen LogP contribution in [0.25, 0.3) is 0 Å². The van der Waals surface area contributed by atoms with E-state index in [9.17, 15) is 4.79 Å². The van der Waals surface area contributed by atoms with E-state index in [2.05, 4.69) is 12.1 Å². The molecular weight excluding hydrogens is 236 g/mol. The van der Waals surface area contributed by atoms with Crippen LogP contribution >= 0.6 is 11.6 Å². The summed E-state index contributed by atoms with van der Waals surface area (Å²) in [6.07, 6.45) is 1.60. The Kier molecular flexibility index (Phi) is 2.52. The number of benzene rings is 1. The molecule has 2 nitrogen and oxygen atoms in total. The van der Waals surface area contributed by atoms with Crippen LogP contribution in [0, 0.1) is 5.92 Å². The molecule has 1 heterocycles. The fourth-order valence-corrected chi connectivity index (χ4v) is 2.54. The predicted octanol–water partition coefficient (Wildman–Crippen LogP) is 3.53. The molecule has 0 spiro atoms. The van der Waals surface area contributed by atoms with Gasteiger partial charge in [0.05, 0.1) is 0 Å². The van der Waals surface area contributed by atoms with Crippen molar-refractivity contribution in [2.45, 2.75) is 12.8 Å². The van der Waals surface area contributed by atoms with Crippen molar-refractivity contribution in [2.24, 2.45) is 5.92 Å². The van der Waals surface area contributed by atoms with Crippen LogP contribution in [0.5, 0.6) is 0 Å². The van der Waals surface area contributed by atoms with Gasteiger partial charge in [0.2, 0.25) is 5.78 Å². The largest absolute Gasteiger partial charge is 0.442 e. The first-order valence-corrected chi connectivity index (χ1v) is 5.98. The summed E-state index contributed by atoms with van der Waals surface area (Å²) < 4.78 is 5.17. The van der Waals surface area contributed by atoms with Crippen molar-refractivity contribution < 1.29 is 9.21 Å². The van der Waals surface area contributed by atoms with Gasteiger partial charge in [-0.3, -0.25) is 4.79 Å². The van der Waals surface area contributed by atoms with Crippen LogP contribution in [0.15, 0.2) is 40.8 Å². The monoisotopic (exact) mass is 246 g/mol. The third-order valence-corrected chi connectivity index (χ3v) is 3.44. The Morgan fingerprint density at radius 1 is 1.12 bits per heavy atom. The van der Waals surface area contributed by atoms with Gasteiger partial charge in [0.15, 0.2) is 11.0 Å². The Labute approximate surface area is 104 Å². The molecule has 0 N–H and O–H groups in total. The topological polar surface area (TPSA) is 30.2 Å². The van der Waals surface area contributed by atoms with Gasteiger partial charge in [-0.1, -0.05) is 24.3 Å². The number of halogens is 1. The zero-order chi connectivity index (χ0) is 11.8. The molecule has 1 aliphatic rings. The van der Waals surface area contributed by atoms with E-state index in [4.69, 9.17) is 16.0 Å². The lowest BCUT2D eigenvalue weighted by molar-refractivity contribution is 0.0896. The third kappa shape index (κ3) is 1.89. The molecule has 2 aromatic rings. The molecular formula is C14H11ClO2. The van der Waals surface area contributed by atoms with Gasteiger partial charge in [-0.25, -0.2) is 0 Å². The van der Waals surface area contributed by atoms with Crippen molar-refractivity contribution in [1.29, 1.82) is 0 Å². The average molecular weight is 247 g/mol. The number of Topliss-reactive ketones (excluding diaryl/α,β-unsaturated/α-hetero) is 1. The van der Waals surface area contributed by atoms with E-state index in [1.54, 1.807) is 12.1 Å². The van der Waals surface area contributed by atoms with Crippen molar-refractivity contribution in [2.75, 3.05) is 0 Å². The molecule has 0 bridgehead atoms. The number of ketones is 1. The van der Waals surface area contributed by atoms with E-state index >= 15 is 0 Å². The second-order valence-electron chi connectivity index (χ2n) is 4.34. The maximum absolute atomic E-state index is 12.2. The van der Waals surface area contributed by atoms with Gasteiger partial charge in [-0.05, 0) is 47.7 Å². The Hall–Kier alpha value is -1.54. The average Bonchev–Trinajstić information content (AvgIpc) is 2.93. The molecule has 86 valence electrons. The number of fused-ring (bicyclic) bond motifs is 1. The molecule has 3 heteroatoms. The first kappa shape index (κ1) is 10.6. The fourth-order valence-electron chi connectivity index (χ4n) is 2.39. The summed E-state index contributed by atoms with van der Waals surface area (Å²) in [5.74, 6) is 0.413. The van der Waals surface area contributed by atoms with E-state index in [1.807, 2.05) is 12.1 Å². The zero-order valence-electron chi connectivity index (χ0n) is 9.15. The molecule has 17 heavy (non-hydrogen) atoms. The van der Waals surface area contributed by atoms with E-state index in [1.165, 1.54) is 11.1 Å². The molecule has 0 fully saturated rings. The van der Waals surface area contributed by atoms with Crippen molar-refractivity contribution >= 4 is 17.4 Å². The minimum atomic E-state index is -0.00498. The number of carbonyl (C=O) groups excluding carboxylic acids is 1. The van der Waals surface area contributed by atoms with Gasteiger partial charge in [-0.15, -0.1) is 0 Å². The molecule has 0 aliphatic heterocycles. The van der Waals surface area contributed by atoms with Crippen LogP contribution < -0.4 is 0 Å². The van der Waals surface area contributed by atoms with Crippen LogP contribution in [-0.4, -0.2) is 5.78 Å².